The van der Waals surface area contributed by atoms with Gasteiger partial charge in [-0.3, -0.25) is 10.1 Å². The number of nitro groups is 1. The zero-order valence-corrected chi connectivity index (χ0v) is 12.2. The number of ether oxygens (including phenoxy) is 2. The summed E-state index contributed by atoms with van der Waals surface area (Å²) >= 11 is 0. The summed E-state index contributed by atoms with van der Waals surface area (Å²) in [6.45, 7) is 1.73. The topological polar surface area (TPSA) is 137 Å². The van der Waals surface area contributed by atoms with Gasteiger partial charge in [0.25, 0.3) is 5.69 Å². The standard InChI is InChI=1S/C13H12N4O6/c1-3-23-13(19)11-10(14-16-15-11)7-5-4-6-8(17(20)21)9(7)12(18)22-2/h4-6H,3H2,1-2H3,(H,14,15,16). The molecule has 0 saturated carbocycles. The highest BCUT2D eigenvalue weighted by Gasteiger charge is 2.29. The Morgan fingerprint density at radius 3 is 2.65 bits per heavy atom. The largest absolute Gasteiger partial charge is 0.465 e. The van der Waals surface area contributed by atoms with Crippen LogP contribution in [0.3, 0.4) is 0 Å². The number of hydrogen-bond donors (Lipinski definition) is 1. The molecule has 0 radical (unpaired) electrons. The summed E-state index contributed by atoms with van der Waals surface area (Å²) in [4.78, 5) is 34.3. The summed E-state index contributed by atoms with van der Waals surface area (Å²) in [6, 6.07) is 3.92. The van der Waals surface area contributed by atoms with Crippen LogP contribution in [0.15, 0.2) is 18.2 Å². The first-order chi connectivity index (χ1) is 11.0. The Bertz CT molecular complexity index is 770. The van der Waals surface area contributed by atoms with Gasteiger partial charge < -0.3 is 9.47 Å². The Morgan fingerprint density at radius 1 is 1.30 bits per heavy atom. The third-order valence-corrected chi connectivity index (χ3v) is 2.90. The van der Waals surface area contributed by atoms with Crippen LogP contribution in [0, 0.1) is 10.1 Å². The maximum absolute atomic E-state index is 12.0. The van der Waals surface area contributed by atoms with Crippen molar-refractivity contribution in [3.05, 3.63) is 39.6 Å². The average molecular weight is 320 g/mol. The molecule has 10 heteroatoms. The molecule has 0 amide bonds. The predicted molar refractivity (Wildman–Crippen MR) is 75.8 cm³/mol. The van der Waals surface area contributed by atoms with E-state index in [1.54, 1.807) is 6.92 Å². The lowest BCUT2D eigenvalue weighted by molar-refractivity contribution is -0.385. The number of carbonyl (C=O) groups excluding carboxylic acids is 2. The number of aromatic amines is 1. The number of hydrogen-bond acceptors (Lipinski definition) is 8. The maximum atomic E-state index is 12.0. The molecule has 1 aromatic carbocycles. The average Bonchev–Trinajstić information content (AvgIpc) is 3.03. The van der Waals surface area contributed by atoms with Gasteiger partial charge in [0.1, 0.15) is 11.3 Å². The number of benzene rings is 1. The minimum atomic E-state index is -0.926. The number of carbonyl (C=O) groups is 2. The summed E-state index contributed by atoms with van der Waals surface area (Å²) in [5.74, 6) is -1.69. The van der Waals surface area contributed by atoms with E-state index in [4.69, 9.17) is 4.74 Å². The number of esters is 2. The fourth-order valence-corrected chi connectivity index (χ4v) is 1.97. The van der Waals surface area contributed by atoms with E-state index in [0.717, 1.165) is 13.2 Å². The summed E-state index contributed by atoms with van der Waals surface area (Å²) in [7, 11) is 1.10. The second kappa shape index (κ2) is 6.64. The van der Waals surface area contributed by atoms with Gasteiger partial charge in [-0.15, -0.1) is 5.10 Å². The fraction of sp³-hybridized carbons (Fsp3) is 0.231. The minimum Gasteiger partial charge on any atom is -0.465 e. The monoisotopic (exact) mass is 320 g/mol. The van der Waals surface area contributed by atoms with Crippen LogP contribution in [-0.2, 0) is 9.47 Å². The lowest BCUT2D eigenvalue weighted by atomic mass is 10.0. The van der Waals surface area contributed by atoms with E-state index in [9.17, 15) is 19.7 Å². The SMILES string of the molecule is CCOC(=O)c1n[nH]nc1-c1cccc([N+](=O)[O-])c1C(=O)OC. The van der Waals surface area contributed by atoms with Gasteiger partial charge in [0.05, 0.1) is 18.6 Å². The Labute approximate surface area is 129 Å². The molecule has 0 fully saturated rings. The molecule has 0 unspecified atom stereocenters. The van der Waals surface area contributed by atoms with Crippen molar-refractivity contribution in [2.45, 2.75) is 6.92 Å². The number of nitrogens with one attached hydrogen (secondary N) is 1. The van der Waals surface area contributed by atoms with Gasteiger partial charge in [-0.05, 0) is 6.92 Å². The number of rotatable bonds is 5. The zero-order valence-electron chi connectivity index (χ0n) is 12.2. The number of H-pyrrole nitrogens is 1. The Morgan fingerprint density at radius 2 is 2.04 bits per heavy atom. The lowest BCUT2D eigenvalue weighted by Crippen LogP contribution is -2.11. The summed E-state index contributed by atoms with van der Waals surface area (Å²) in [5.41, 5.74) is -0.959. The van der Waals surface area contributed by atoms with Crippen molar-refractivity contribution in [3.63, 3.8) is 0 Å². The Balaban J connectivity index is 2.68. The molecule has 1 aromatic heterocycles. The van der Waals surface area contributed by atoms with E-state index < -0.39 is 22.5 Å². The van der Waals surface area contributed by atoms with Gasteiger partial charge in [0.15, 0.2) is 5.69 Å². The minimum absolute atomic E-state index is 0.0347. The third kappa shape index (κ3) is 3.00. The molecular weight excluding hydrogens is 308 g/mol. The van der Waals surface area contributed by atoms with Crippen LogP contribution >= 0.6 is 0 Å². The fourth-order valence-electron chi connectivity index (χ4n) is 1.97. The van der Waals surface area contributed by atoms with Gasteiger partial charge in [-0.1, -0.05) is 12.1 Å². The summed E-state index contributed by atoms with van der Waals surface area (Å²) in [6.07, 6.45) is 0. The van der Waals surface area contributed by atoms with E-state index in [1.807, 2.05) is 0 Å². The molecule has 0 aliphatic heterocycles. The van der Waals surface area contributed by atoms with E-state index in [0.29, 0.717) is 0 Å². The van der Waals surface area contributed by atoms with Gasteiger partial charge in [0, 0.05) is 11.6 Å². The van der Waals surface area contributed by atoms with Gasteiger partial charge >= 0.3 is 11.9 Å². The maximum Gasteiger partial charge on any atom is 0.361 e. The molecule has 0 saturated heterocycles. The molecule has 1 heterocycles. The second-order valence-electron chi connectivity index (χ2n) is 4.19. The van der Waals surface area contributed by atoms with Crippen LogP contribution in [-0.4, -0.2) is 46.0 Å². The van der Waals surface area contributed by atoms with Crippen LogP contribution in [0.2, 0.25) is 0 Å². The molecule has 0 bridgehead atoms. The van der Waals surface area contributed by atoms with E-state index in [-0.39, 0.29) is 29.1 Å². The van der Waals surface area contributed by atoms with E-state index in [2.05, 4.69) is 20.1 Å². The zero-order chi connectivity index (χ0) is 17.0. The molecule has 1 N–H and O–H groups in total. The van der Waals surface area contributed by atoms with Crippen LogP contribution in [0.5, 0.6) is 0 Å². The summed E-state index contributed by atoms with van der Waals surface area (Å²) in [5, 5.41) is 20.9. The van der Waals surface area contributed by atoms with Gasteiger partial charge in [0.2, 0.25) is 0 Å². The number of nitro benzene ring substituents is 1. The first kappa shape index (κ1) is 16.1. The lowest BCUT2D eigenvalue weighted by Gasteiger charge is -2.07. The van der Waals surface area contributed by atoms with Crippen molar-refractivity contribution >= 4 is 17.6 Å². The number of methoxy groups -OCH3 is 1. The van der Waals surface area contributed by atoms with Crippen molar-refractivity contribution < 1.29 is 24.0 Å². The number of aromatic nitrogens is 3. The first-order valence-electron chi connectivity index (χ1n) is 6.45. The number of nitrogens with zero attached hydrogens (tertiary/aromatic N) is 3. The van der Waals surface area contributed by atoms with Crippen molar-refractivity contribution in [1.29, 1.82) is 0 Å². The van der Waals surface area contributed by atoms with Crippen molar-refractivity contribution in [1.82, 2.24) is 15.4 Å². The third-order valence-electron chi connectivity index (χ3n) is 2.90. The molecule has 10 nitrogen and oxygen atoms in total. The second-order valence-corrected chi connectivity index (χ2v) is 4.19. The normalized spacial score (nSPS) is 10.2. The molecule has 0 aliphatic carbocycles. The van der Waals surface area contributed by atoms with E-state index >= 15 is 0 Å². The molecule has 0 aliphatic rings. The van der Waals surface area contributed by atoms with Crippen LogP contribution in [0.1, 0.15) is 27.8 Å². The highest BCUT2D eigenvalue weighted by Crippen LogP contribution is 2.31. The molecular formula is C13H12N4O6. The Hall–Kier alpha value is -3.30. The first-order valence-corrected chi connectivity index (χ1v) is 6.45. The van der Waals surface area contributed by atoms with Crippen LogP contribution < -0.4 is 0 Å². The molecule has 0 atom stereocenters. The Kier molecular flexibility index (Phi) is 4.64. The van der Waals surface area contributed by atoms with Crippen molar-refractivity contribution in [3.8, 4) is 11.3 Å². The molecule has 120 valence electrons. The summed E-state index contributed by atoms with van der Waals surface area (Å²) < 4.78 is 9.44. The molecule has 0 spiro atoms. The van der Waals surface area contributed by atoms with Crippen LogP contribution in [0.4, 0.5) is 5.69 Å². The van der Waals surface area contributed by atoms with Gasteiger partial charge in [-0.25, -0.2) is 9.59 Å². The highest BCUT2D eigenvalue weighted by atomic mass is 16.6. The van der Waals surface area contributed by atoms with Crippen molar-refractivity contribution in [2.24, 2.45) is 0 Å². The van der Waals surface area contributed by atoms with E-state index in [1.165, 1.54) is 12.1 Å². The molecule has 2 aromatic rings. The van der Waals surface area contributed by atoms with Gasteiger partial charge in [-0.2, -0.15) is 10.3 Å². The van der Waals surface area contributed by atoms with Crippen molar-refractivity contribution in [2.75, 3.05) is 13.7 Å². The smallest absolute Gasteiger partial charge is 0.361 e. The molecule has 2 rings (SSSR count). The quantitative estimate of drug-likeness (QED) is 0.495. The predicted octanol–water partition coefficient (Wildman–Crippen LogP) is 1.34. The highest BCUT2D eigenvalue weighted by molar-refractivity contribution is 6.03. The molecule has 23 heavy (non-hydrogen) atoms. The van der Waals surface area contributed by atoms with Crippen LogP contribution in [0.25, 0.3) is 11.3 Å².